The van der Waals surface area contributed by atoms with Crippen molar-refractivity contribution in [3.05, 3.63) is 35.9 Å². The number of aromatic nitrogens is 3. The molecular formula is C13H14N4O2. The number of carbonyl (C=O) groups is 1. The molecule has 98 valence electrons. The van der Waals surface area contributed by atoms with Gasteiger partial charge in [-0.15, -0.1) is 0 Å². The molecule has 2 aromatic heterocycles. The van der Waals surface area contributed by atoms with Gasteiger partial charge in [-0.3, -0.25) is 14.7 Å². The van der Waals surface area contributed by atoms with Crippen LogP contribution in [0.2, 0.25) is 0 Å². The van der Waals surface area contributed by atoms with Gasteiger partial charge >= 0.3 is 5.97 Å². The number of carboxylic acid groups (broad SMARTS) is 1. The Bertz CT molecular complexity index is 594. The predicted molar refractivity (Wildman–Crippen MR) is 68.4 cm³/mol. The minimum atomic E-state index is -0.796. The summed E-state index contributed by atoms with van der Waals surface area (Å²) in [5, 5.41) is 8.82. The topological polar surface area (TPSA) is 82.1 Å². The number of H-pyrrole nitrogens is 1. The van der Waals surface area contributed by atoms with Crippen molar-refractivity contribution in [2.45, 2.75) is 13.0 Å². The Hall–Kier alpha value is -2.21. The minimum absolute atomic E-state index is 0.0701. The predicted octanol–water partition coefficient (Wildman–Crippen LogP) is 0.914. The fourth-order valence-electron chi connectivity index (χ4n) is 2.32. The number of rotatable bonds is 3. The summed E-state index contributed by atoms with van der Waals surface area (Å²) >= 11 is 0. The standard InChI is InChI=1S/C13H14N4O2/c18-12(19)8-17-5-3-10-11(7-17)16-13(15-10)9-2-1-4-14-6-9/h1-2,4,6H,3,5,7-8H2,(H,15,16)(H,18,19). The highest BCUT2D eigenvalue weighted by atomic mass is 16.4. The Morgan fingerprint density at radius 2 is 2.42 bits per heavy atom. The first-order valence-electron chi connectivity index (χ1n) is 6.14. The number of hydrogen-bond donors (Lipinski definition) is 2. The molecule has 3 heterocycles. The van der Waals surface area contributed by atoms with Crippen LogP contribution in [0.5, 0.6) is 0 Å². The van der Waals surface area contributed by atoms with E-state index in [1.165, 1.54) is 0 Å². The Kier molecular flexibility index (Phi) is 3.00. The van der Waals surface area contributed by atoms with Crippen molar-refractivity contribution in [3.63, 3.8) is 0 Å². The van der Waals surface area contributed by atoms with Crippen molar-refractivity contribution in [3.8, 4) is 11.4 Å². The lowest BCUT2D eigenvalue weighted by Gasteiger charge is -2.23. The molecule has 0 fully saturated rings. The van der Waals surface area contributed by atoms with E-state index in [-0.39, 0.29) is 6.54 Å². The van der Waals surface area contributed by atoms with Crippen LogP contribution in [0.25, 0.3) is 11.4 Å². The lowest BCUT2D eigenvalue weighted by molar-refractivity contribution is -0.138. The number of carboxylic acids is 1. The summed E-state index contributed by atoms with van der Waals surface area (Å²) in [6.45, 7) is 1.41. The first-order valence-corrected chi connectivity index (χ1v) is 6.14. The van der Waals surface area contributed by atoms with Crippen molar-refractivity contribution in [2.24, 2.45) is 0 Å². The van der Waals surface area contributed by atoms with Gasteiger partial charge in [0.2, 0.25) is 0 Å². The molecule has 0 spiro atoms. The number of imidazole rings is 1. The molecule has 2 N–H and O–H groups in total. The molecule has 0 radical (unpaired) electrons. The Morgan fingerprint density at radius 3 is 3.16 bits per heavy atom. The summed E-state index contributed by atoms with van der Waals surface area (Å²) < 4.78 is 0. The lowest BCUT2D eigenvalue weighted by atomic mass is 10.1. The summed E-state index contributed by atoms with van der Waals surface area (Å²) in [5.74, 6) is 0.00530. The maximum absolute atomic E-state index is 10.7. The third-order valence-electron chi connectivity index (χ3n) is 3.20. The fraction of sp³-hybridized carbons (Fsp3) is 0.308. The fourth-order valence-corrected chi connectivity index (χ4v) is 2.32. The van der Waals surface area contributed by atoms with Gasteiger partial charge < -0.3 is 10.1 Å². The average Bonchev–Trinajstić information content (AvgIpc) is 2.82. The molecule has 0 atom stereocenters. The first-order chi connectivity index (χ1) is 9.22. The van der Waals surface area contributed by atoms with Crippen molar-refractivity contribution in [1.29, 1.82) is 0 Å². The first kappa shape index (κ1) is 11.9. The van der Waals surface area contributed by atoms with Crippen LogP contribution in [-0.2, 0) is 17.8 Å². The zero-order chi connectivity index (χ0) is 13.2. The van der Waals surface area contributed by atoms with Crippen LogP contribution in [0.1, 0.15) is 11.4 Å². The van der Waals surface area contributed by atoms with E-state index in [1.807, 2.05) is 17.0 Å². The van der Waals surface area contributed by atoms with E-state index in [0.29, 0.717) is 6.54 Å². The van der Waals surface area contributed by atoms with E-state index in [9.17, 15) is 4.79 Å². The molecule has 0 saturated heterocycles. The van der Waals surface area contributed by atoms with Crippen molar-refractivity contribution >= 4 is 5.97 Å². The molecule has 1 aliphatic heterocycles. The smallest absolute Gasteiger partial charge is 0.317 e. The Morgan fingerprint density at radius 1 is 1.53 bits per heavy atom. The van der Waals surface area contributed by atoms with Crippen LogP contribution >= 0.6 is 0 Å². The second kappa shape index (κ2) is 4.81. The van der Waals surface area contributed by atoms with E-state index in [1.54, 1.807) is 12.4 Å². The molecule has 0 saturated carbocycles. The summed E-state index contributed by atoms with van der Waals surface area (Å²) in [5.41, 5.74) is 2.98. The molecule has 0 amide bonds. The maximum Gasteiger partial charge on any atom is 0.317 e. The monoisotopic (exact) mass is 258 g/mol. The van der Waals surface area contributed by atoms with Gasteiger partial charge in [0.15, 0.2) is 0 Å². The van der Waals surface area contributed by atoms with Gasteiger partial charge in [0.1, 0.15) is 5.82 Å². The minimum Gasteiger partial charge on any atom is -0.480 e. The number of hydrogen-bond acceptors (Lipinski definition) is 4. The molecular weight excluding hydrogens is 244 g/mol. The molecule has 0 bridgehead atoms. The molecule has 0 aromatic carbocycles. The van der Waals surface area contributed by atoms with Crippen LogP contribution < -0.4 is 0 Å². The van der Waals surface area contributed by atoms with Crippen LogP contribution in [-0.4, -0.2) is 44.0 Å². The highest BCUT2D eigenvalue weighted by Crippen LogP contribution is 2.21. The highest BCUT2D eigenvalue weighted by molar-refractivity contribution is 5.69. The van der Waals surface area contributed by atoms with E-state index < -0.39 is 5.97 Å². The van der Waals surface area contributed by atoms with Gasteiger partial charge in [0.25, 0.3) is 0 Å². The summed E-state index contributed by atoms with van der Waals surface area (Å²) in [7, 11) is 0. The van der Waals surface area contributed by atoms with Gasteiger partial charge in [-0.25, -0.2) is 4.98 Å². The summed E-state index contributed by atoms with van der Waals surface area (Å²) in [6.07, 6.45) is 4.26. The summed E-state index contributed by atoms with van der Waals surface area (Å²) in [4.78, 5) is 24.5. The number of aromatic amines is 1. The Labute approximate surface area is 110 Å². The Balaban J connectivity index is 1.83. The average molecular weight is 258 g/mol. The molecule has 19 heavy (non-hydrogen) atoms. The summed E-state index contributed by atoms with van der Waals surface area (Å²) in [6, 6.07) is 3.82. The molecule has 6 heteroatoms. The zero-order valence-electron chi connectivity index (χ0n) is 10.3. The molecule has 3 rings (SSSR count). The van der Waals surface area contributed by atoms with Crippen LogP contribution in [0.3, 0.4) is 0 Å². The SMILES string of the molecule is O=C(O)CN1CCc2nc(-c3cccnc3)[nH]c2C1. The van der Waals surface area contributed by atoms with Gasteiger partial charge in [-0.1, -0.05) is 0 Å². The number of pyridine rings is 1. The van der Waals surface area contributed by atoms with Gasteiger partial charge in [0.05, 0.1) is 17.9 Å². The van der Waals surface area contributed by atoms with Crippen molar-refractivity contribution in [1.82, 2.24) is 19.9 Å². The van der Waals surface area contributed by atoms with Crippen molar-refractivity contribution in [2.75, 3.05) is 13.1 Å². The van der Waals surface area contributed by atoms with E-state index >= 15 is 0 Å². The molecule has 0 aliphatic carbocycles. The van der Waals surface area contributed by atoms with Gasteiger partial charge in [-0.05, 0) is 12.1 Å². The van der Waals surface area contributed by atoms with Gasteiger partial charge in [0, 0.05) is 37.5 Å². The number of nitrogens with one attached hydrogen (secondary N) is 1. The second-order valence-electron chi connectivity index (χ2n) is 4.61. The van der Waals surface area contributed by atoms with E-state index in [2.05, 4.69) is 15.0 Å². The van der Waals surface area contributed by atoms with Crippen LogP contribution in [0.15, 0.2) is 24.5 Å². The number of aliphatic carboxylic acids is 1. The van der Waals surface area contributed by atoms with E-state index in [4.69, 9.17) is 5.11 Å². The normalized spacial score (nSPS) is 15.2. The largest absolute Gasteiger partial charge is 0.480 e. The highest BCUT2D eigenvalue weighted by Gasteiger charge is 2.21. The van der Waals surface area contributed by atoms with E-state index in [0.717, 1.165) is 35.7 Å². The van der Waals surface area contributed by atoms with Gasteiger partial charge in [-0.2, -0.15) is 0 Å². The maximum atomic E-state index is 10.7. The molecule has 6 nitrogen and oxygen atoms in total. The van der Waals surface area contributed by atoms with Crippen LogP contribution in [0.4, 0.5) is 0 Å². The third-order valence-corrected chi connectivity index (χ3v) is 3.20. The number of nitrogens with zero attached hydrogens (tertiary/aromatic N) is 3. The molecule has 0 unspecified atom stereocenters. The quantitative estimate of drug-likeness (QED) is 0.855. The molecule has 1 aliphatic rings. The van der Waals surface area contributed by atoms with Crippen molar-refractivity contribution < 1.29 is 9.90 Å². The molecule has 2 aromatic rings. The number of fused-ring (bicyclic) bond motifs is 1. The lowest BCUT2D eigenvalue weighted by Crippen LogP contribution is -2.34. The van der Waals surface area contributed by atoms with Crippen LogP contribution in [0, 0.1) is 0 Å². The zero-order valence-corrected chi connectivity index (χ0v) is 10.3. The second-order valence-corrected chi connectivity index (χ2v) is 4.61. The third kappa shape index (κ3) is 2.48.